The van der Waals surface area contributed by atoms with Crippen molar-refractivity contribution in [2.24, 2.45) is 0 Å². The predicted octanol–water partition coefficient (Wildman–Crippen LogP) is 4.27. The highest BCUT2D eigenvalue weighted by Crippen LogP contribution is 2.26. The van der Waals surface area contributed by atoms with Crippen LogP contribution in [0.2, 0.25) is 15.1 Å². The molecule has 0 aliphatic rings. The first kappa shape index (κ1) is 20.0. The van der Waals surface area contributed by atoms with Gasteiger partial charge in [-0.15, -0.1) is 0 Å². The lowest BCUT2D eigenvalue weighted by molar-refractivity contribution is -0.116. The van der Waals surface area contributed by atoms with Gasteiger partial charge in [-0.1, -0.05) is 46.9 Å². The molecule has 0 aromatic heterocycles. The van der Waals surface area contributed by atoms with Gasteiger partial charge in [-0.2, -0.15) is 0 Å². The first-order chi connectivity index (χ1) is 11.6. The Kier molecular flexibility index (Phi) is 6.71. The van der Waals surface area contributed by atoms with Crippen molar-refractivity contribution < 1.29 is 13.2 Å². The molecule has 2 rings (SSSR count). The van der Waals surface area contributed by atoms with Crippen molar-refractivity contribution in [3.05, 3.63) is 63.1 Å². The van der Waals surface area contributed by atoms with Crippen LogP contribution in [0.25, 0.3) is 0 Å². The number of halogens is 3. The van der Waals surface area contributed by atoms with E-state index in [1.54, 1.807) is 36.4 Å². The summed E-state index contributed by atoms with van der Waals surface area (Å²) in [5, 5.41) is 3.86. The van der Waals surface area contributed by atoms with Gasteiger partial charge < -0.3 is 5.32 Å². The lowest BCUT2D eigenvalue weighted by atomic mass is 10.0. The van der Waals surface area contributed by atoms with Gasteiger partial charge in [-0.05, 0) is 35.9 Å². The Bertz CT molecular complexity index is 871. The second kappa shape index (κ2) is 8.38. The van der Waals surface area contributed by atoms with Gasteiger partial charge in [0, 0.05) is 17.1 Å². The van der Waals surface area contributed by atoms with Crippen LogP contribution >= 0.6 is 34.8 Å². The van der Waals surface area contributed by atoms with Gasteiger partial charge >= 0.3 is 0 Å². The predicted molar refractivity (Wildman–Crippen MR) is 102 cm³/mol. The average molecular weight is 422 g/mol. The van der Waals surface area contributed by atoms with Gasteiger partial charge in [-0.25, -0.2) is 13.1 Å². The molecule has 0 radical (unpaired) electrons. The number of rotatable bonds is 6. The van der Waals surface area contributed by atoms with Crippen LogP contribution in [0.15, 0.2) is 42.5 Å². The highest BCUT2D eigenvalue weighted by atomic mass is 35.5. The smallest absolute Gasteiger partial charge is 0.226 e. The molecule has 0 bridgehead atoms. The molecule has 25 heavy (non-hydrogen) atoms. The van der Waals surface area contributed by atoms with Gasteiger partial charge in [0.15, 0.2) is 0 Å². The van der Waals surface area contributed by atoms with E-state index >= 15 is 0 Å². The molecule has 2 aromatic rings. The zero-order valence-electron chi connectivity index (χ0n) is 13.1. The molecule has 0 spiro atoms. The van der Waals surface area contributed by atoms with Crippen molar-refractivity contribution in [2.75, 3.05) is 11.6 Å². The van der Waals surface area contributed by atoms with Crippen LogP contribution in [0, 0.1) is 0 Å². The largest absolute Gasteiger partial charge is 0.326 e. The molecule has 134 valence electrons. The summed E-state index contributed by atoms with van der Waals surface area (Å²) in [7, 11) is -3.51. The number of carbonyl (C=O) groups is 1. The van der Waals surface area contributed by atoms with Crippen molar-refractivity contribution >= 4 is 56.4 Å². The first-order valence-electron chi connectivity index (χ1n) is 7.12. The maximum atomic E-state index is 12.3. The molecule has 0 unspecified atom stereocenters. The summed E-state index contributed by atoms with van der Waals surface area (Å²) in [6.45, 7) is 0. The maximum Gasteiger partial charge on any atom is 0.226 e. The fourth-order valence-electron chi connectivity index (χ4n) is 2.15. The van der Waals surface area contributed by atoms with Gasteiger partial charge in [0.25, 0.3) is 0 Å². The summed E-state index contributed by atoms with van der Waals surface area (Å²) < 4.78 is 25.7. The number of sulfonamides is 1. The molecular formula is C16H15Cl3N2O3S. The van der Waals surface area contributed by atoms with Crippen LogP contribution in [0.4, 0.5) is 5.69 Å². The van der Waals surface area contributed by atoms with E-state index in [9.17, 15) is 13.2 Å². The minimum Gasteiger partial charge on any atom is -0.326 e. The summed E-state index contributed by atoms with van der Waals surface area (Å²) in [4.78, 5) is 12.3. The molecular weight excluding hydrogens is 407 g/mol. The van der Waals surface area contributed by atoms with Gasteiger partial charge in [0.05, 0.1) is 22.3 Å². The lowest BCUT2D eigenvalue weighted by Crippen LogP contribution is -2.30. The topological polar surface area (TPSA) is 75.3 Å². The molecule has 9 heteroatoms. The quantitative estimate of drug-likeness (QED) is 0.731. The van der Waals surface area contributed by atoms with Crippen molar-refractivity contribution in [1.82, 2.24) is 4.72 Å². The van der Waals surface area contributed by atoms with E-state index in [4.69, 9.17) is 34.8 Å². The fraction of sp³-hybridized carbons (Fsp3) is 0.188. The molecule has 0 fully saturated rings. The average Bonchev–Trinajstić information content (AvgIpc) is 2.49. The number of anilines is 1. The van der Waals surface area contributed by atoms with E-state index in [1.165, 1.54) is 6.07 Å². The van der Waals surface area contributed by atoms with Crippen LogP contribution in [-0.4, -0.2) is 20.6 Å². The number of benzene rings is 2. The van der Waals surface area contributed by atoms with Crippen molar-refractivity contribution in [3.63, 3.8) is 0 Å². The number of carbonyl (C=O) groups excluding carboxylic acids is 1. The van der Waals surface area contributed by atoms with Crippen LogP contribution in [0.3, 0.4) is 0 Å². The zero-order chi connectivity index (χ0) is 18.6. The third kappa shape index (κ3) is 6.49. The van der Waals surface area contributed by atoms with Crippen LogP contribution < -0.4 is 10.0 Å². The second-order valence-corrected chi connectivity index (χ2v) is 8.41. The minimum absolute atomic E-state index is 0.102. The van der Waals surface area contributed by atoms with Crippen molar-refractivity contribution in [1.29, 1.82) is 0 Å². The van der Waals surface area contributed by atoms with E-state index < -0.39 is 16.1 Å². The summed E-state index contributed by atoms with van der Waals surface area (Å²) in [5.74, 6) is -0.380. The fourth-order valence-corrected chi connectivity index (χ4v) is 3.31. The summed E-state index contributed by atoms with van der Waals surface area (Å²) in [6, 6.07) is 10.5. The summed E-state index contributed by atoms with van der Waals surface area (Å²) in [6.07, 6.45) is 0.932. The summed E-state index contributed by atoms with van der Waals surface area (Å²) in [5.41, 5.74) is 1.09. The van der Waals surface area contributed by atoms with Gasteiger partial charge in [0.1, 0.15) is 0 Å². The normalized spacial score (nSPS) is 12.6. The molecule has 0 aliphatic carbocycles. The van der Waals surface area contributed by atoms with E-state index in [1.807, 2.05) is 0 Å². The first-order valence-corrected chi connectivity index (χ1v) is 10.1. The maximum absolute atomic E-state index is 12.3. The van der Waals surface area contributed by atoms with E-state index in [0.29, 0.717) is 26.3 Å². The molecule has 1 atom stereocenters. The Labute approximate surface area is 161 Å². The van der Waals surface area contributed by atoms with Gasteiger partial charge in [-0.3, -0.25) is 4.79 Å². The zero-order valence-corrected chi connectivity index (χ0v) is 16.2. The highest BCUT2D eigenvalue weighted by Gasteiger charge is 2.20. The molecule has 2 aromatic carbocycles. The number of hydrogen-bond acceptors (Lipinski definition) is 3. The minimum atomic E-state index is -3.51. The van der Waals surface area contributed by atoms with Crippen molar-refractivity contribution in [2.45, 2.75) is 12.5 Å². The van der Waals surface area contributed by atoms with Crippen LogP contribution in [0.1, 0.15) is 18.0 Å². The van der Waals surface area contributed by atoms with E-state index in [-0.39, 0.29) is 12.3 Å². The monoisotopic (exact) mass is 420 g/mol. The molecule has 0 saturated heterocycles. The van der Waals surface area contributed by atoms with E-state index in [2.05, 4.69) is 10.0 Å². The molecule has 0 aliphatic heterocycles. The highest BCUT2D eigenvalue weighted by molar-refractivity contribution is 7.88. The molecule has 1 amide bonds. The Morgan fingerprint density at radius 2 is 1.68 bits per heavy atom. The Morgan fingerprint density at radius 1 is 1.04 bits per heavy atom. The third-order valence-electron chi connectivity index (χ3n) is 3.22. The second-order valence-electron chi connectivity index (χ2n) is 5.38. The SMILES string of the molecule is CS(=O)(=O)N[C@@H](CC(=O)Nc1ccc(Cl)c(Cl)c1)c1ccc(Cl)cc1. The molecule has 5 nitrogen and oxygen atoms in total. The Balaban J connectivity index is 2.16. The molecule has 0 saturated carbocycles. The van der Waals surface area contributed by atoms with Crippen LogP contribution in [0.5, 0.6) is 0 Å². The van der Waals surface area contributed by atoms with Crippen LogP contribution in [-0.2, 0) is 14.8 Å². The Morgan fingerprint density at radius 3 is 2.24 bits per heavy atom. The molecule has 2 N–H and O–H groups in total. The van der Waals surface area contributed by atoms with Gasteiger partial charge in [0.2, 0.25) is 15.9 Å². The standard InChI is InChI=1S/C16H15Cl3N2O3S/c1-25(23,24)21-15(10-2-4-11(17)5-3-10)9-16(22)20-12-6-7-13(18)14(19)8-12/h2-8,15,21H,9H2,1H3,(H,20,22)/t15-/m0/s1. The lowest BCUT2D eigenvalue weighted by Gasteiger charge is -2.18. The third-order valence-corrected chi connectivity index (χ3v) is 4.93. The Hall–Kier alpha value is -1.31. The van der Waals surface area contributed by atoms with E-state index in [0.717, 1.165) is 6.26 Å². The number of hydrogen-bond donors (Lipinski definition) is 2. The summed E-state index contributed by atoms with van der Waals surface area (Å²) >= 11 is 17.6. The van der Waals surface area contributed by atoms with Crippen molar-refractivity contribution in [3.8, 4) is 0 Å². The number of nitrogens with one attached hydrogen (secondary N) is 2. The number of amides is 1. The molecule has 0 heterocycles.